The molecule has 0 amide bonds. The molecule has 1 fully saturated rings. The molecule has 1 unspecified atom stereocenters. The highest BCUT2D eigenvalue weighted by Gasteiger charge is 2.15. The summed E-state index contributed by atoms with van der Waals surface area (Å²) in [5, 5.41) is 3.22. The second kappa shape index (κ2) is 5.26. The molecule has 0 radical (unpaired) electrons. The summed E-state index contributed by atoms with van der Waals surface area (Å²) in [5.41, 5.74) is 5.78. The van der Waals surface area contributed by atoms with Gasteiger partial charge >= 0.3 is 0 Å². The van der Waals surface area contributed by atoms with Crippen molar-refractivity contribution in [2.24, 2.45) is 5.73 Å². The largest absolute Gasteiger partial charge is 0.344 e. The Hall–Kier alpha value is -0.420. The number of rotatable bonds is 2. The molecule has 1 rings (SSSR count). The van der Waals surface area contributed by atoms with Gasteiger partial charge in [-0.05, 0) is 0 Å². The van der Waals surface area contributed by atoms with Crippen LogP contribution in [0.15, 0.2) is 12.7 Å². The van der Waals surface area contributed by atoms with Gasteiger partial charge in [0.1, 0.15) is 0 Å². The van der Waals surface area contributed by atoms with Crippen molar-refractivity contribution in [1.29, 1.82) is 0 Å². The van der Waals surface area contributed by atoms with Crippen molar-refractivity contribution >= 4 is 0 Å². The molecule has 1 aliphatic heterocycles. The summed E-state index contributed by atoms with van der Waals surface area (Å²) in [6.45, 7) is 7.55. The normalized spacial score (nSPS) is 25.7. The summed E-state index contributed by atoms with van der Waals surface area (Å²) >= 11 is 0. The highest BCUT2D eigenvalue weighted by Crippen LogP contribution is 1.95. The smallest absolute Gasteiger partial charge is 0.0703 e. The first kappa shape index (κ1) is 10.6. The van der Waals surface area contributed by atoms with Crippen LogP contribution in [0.25, 0.3) is 0 Å². The first-order valence-corrected chi connectivity index (χ1v) is 3.66. The quantitative estimate of drug-likeness (QED) is 0.475. The summed E-state index contributed by atoms with van der Waals surface area (Å²) in [6.07, 6.45) is 2.07. The van der Waals surface area contributed by atoms with Gasteiger partial charge in [-0.25, -0.2) is 0 Å². The molecule has 0 aromatic heterocycles. The van der Waals surface area contributed by atoms with Gasteiger partial charge in [0, 0.05) is 26.2 Å². The van der Waals surface area contributed by atoms with Crippen LogP contribution < -0.4 is 17.2 Å². The molecule has 0 aromatic rings. The van der Waals surface area contributed by atoms with Gasteiger partial charge in [-0.1, -0.05) is 6.08 Å². The Kier molecular flexibility index (Phi) is 5.06. The maximum atomic E-state index is 5.78. The fraction of sp³-hybridized carbons (Fsp3) is 0.714. The van der Waals surface area contributed by atoms with Crippen molar-refractivity contribution < 1.29 is 0 Å². The monoisotopic (exact) mass is 158 g/mol. The van der Waals surface area contributed by atoms with E-state index in [2.05, 4.69) is 16.8 Å². The van der Waals surface area contributed by atoms with E-state index in [1.807, 2.05) is 6.08 Å². The van der Waals surface area contributed by atoms with E-state index in [1.54, 1.807) is 0 Å². The Morgan fingerprint density at radius 3 is 3.00 bits per heavy atom. The maximum absolute atomic E-state index is 5.78. The molecule has 4 nitrogen and oxygen atoms in total. The molecule has 1 saturated heterocycles. The number of nitrogens with zero attached hydrogens (tertiary/aromatic N) is 1. The van der Waals surface area contributed by atoms with Gasteiger partial charge in [-0.15, -0.1) is 6.58 Å². The lowest BCUT2D eigenvalue weighted by Crippen LogP contribution is -2.55. The predicted molar refractivity (Wildman–Crippen MR) is 47.6 cm³/mol. The molecular weight excluding hydrogens is 140 g/mol. The van der Waals surface area contributed by atoms with E-state index in [0.717, 1.165) is 26.2 Å². The molecule has 0 spiro atoms. The second-order valence-electron chi connectivity index (χ2n) is 2.56. The summed E-state index contributed by atoms with van der Waals surface area (Å²) in [4.78, 5) is 2.21. The lowest BCUT2D eigenvalue weighted by molar-refractivity contribution is 0.183. The molecule has 11 heavy (non-hydrogen) atoms. The lowest BCUT2D eigenvalue weighted by atomic mass is 10.3. The van der Waals surface area contributed by atoms with Crippen LogP contribution in [0.3, 0.4) is 0 Å². The van der Waals surface area contributed by atoms with E-state index < -0.39 is 0 Å². The van der Waals surface area contributed by atoms with Gasteiger partial charge in [-0.3, -0.25) is 4.90 Å². The molecule has 0 aromatic carbocycles. The van der Waals surface area contributed by atoms with E-state index >= 15 is 0 Å². The third kappa shape index (κ3) is 2.98. The summed E-state index contributed by atoms with van der Waals surface area (Å²) in [5.74, 6) is 0. The minimum Gasteiger partial charge on any atom is -0.344 e. The molecule has 6 N–H and O–H groups in total. The van der Waals surface area contributed by atoms with Crippen LogP contribution in [0.1, 0.15) is 0 Å². The number of nitrogens with two attached hydrogens (primary N) is 1. The van der Waals surface area contributed by atoms with Crippen LogP contribution >= 0.6 is 0 Å². The SMILES string of the molecule is C=CCN1CCNCC1N.N. The zero-order chi connectivity index (χ0) is 7.40. The van der Waals surface area contributed by atoms with Crippen LogP contribution in [-0.4, -0.2) is 37.2 Å². The first-order chi connectivity index (χ1) is 4.84. The molecule has 0 bridgehead atoms. The Balaban J connectivity index is 0.000001000. The number of nitrogens with one attached hydrogen (secondary N) is 1. The fourth-order valence-corrected chi connectivity index (χ4v) is 1.16. The van der Waals surface area contributed by atoms with Crippen LogP contribution in [0.4, 0.5) is 0 Å². The van der Waals surface area contributed by atoms with E-state index in [9.17, 15) is 0 Å². The van der Waals surface area contributed by atoms with Crippen LogP contribution in [0.5, 0.6) is 0 Å². The van der Waals surface area contributed by atoms with Gasteiger partial charge < -0.3 is 17.2 Å². The molecule has 66 valence electrons. The third-order valence-electron chi connectivity index (χ3n) is 1.76. The Morgan fingerprint density at radius 1 is 1.73 bits per heavy atom. The van der Waals surface area contributed by atoms with Gasteiger partial charge in [0.05, 0.1) is 6.17 Å². The van der Waals surface area contributed by atoms with Crippen molar-refractivity contribution in [2.75, 3.05) is 26.2 Å². The highest BCUT2D eigenvalue weighted by atomic mass is 15.3. The molecular formula is C7H18N4. The van der Waals surface area contributed by atoms with Gasteiger partial charge in [0.2, 0.25) is 0 Å². The maximum Gasteiger partial charge on any atom is 0.0703 e. The minimum atomic E-state index is 0. The van der Waals surface area contributed by atoms with Crippen LogP contribution in [0.2, 0.25) is 0 Å². The molecule has 1 aliphatic rings. The van der Waals surface area contributed by atoms with Crippen molar-refractivity contribution in [2.45, 2.75) is 6.17 Å². The standard InChI is InChI=1S/C7H15N3.H3N/c1-2-4-10-5-3-9-6-7(10)8;/h2,7,9H,1,3-6,8H2;1H3. The van der Waals surface area contributed by atoms with E-state index in [4.69, 9.17) is 5.73 Å². The van der Waals surface area contributed by atoms with Crippen LogP contribution in [-0.2, 0) is 0 Å². The van der Waals surface area contributed by atoms with Crippen molar-refractivity contribution in [3.8, 4) is 0 Å². The van der Waals surface area contributed by atoms with Gasteiger partial charge in [0.25, 0.3) is 0 Å². The average molecular weight is 158 g/mol. The second-order valence-corrected chi connectivity index (χ2v) is 2.56. The molecule has 4 heteroatoms. The highest BCUT2D eigenvalue weighted by molar-refractivity contribution is 4.81. The Morgan fingerprint density at radius 2 is 2.45 bits per heavy atom. The molecule has 1 heterocycles. The number of hydrogen-bond acceptors (Lipinski definition) is 4. The summed E-state index contributed by atoms with van der Waals surface area (Å²) in [6, 6.07) is 0. The number of hydrogen-bond donors (Lipinski definition) is 3. The van der Waals surface area contributed by atoms with Gasteiger partial charge in [0.15, 0.2) is 0 Å². The zero-order valence-electron chi connectivity index (χ0n) is 6.92. The first-order valence-electron chi connectivity index (χ1n) is 3.66. The third-order valence-corrected chi connectivity index (χ3v) is 1.76. The Labute approximate surface area is 68.0 Å². The van der Waals surface area contributed by atoms with Crippen LogP contribution in [0, 0.1) is 0 Å². The van der Waals surface area contributed by atoms with E-state index in [0.29, 0.717) is 0 Å². The fourth-order valence-electron chi connectivity index (χ4n) is 1.16. The van der Waals surface area contributed by atoms with Crippen molar-refractivity contribution in [3.63, 3.8) is 0 Å². The topological polar surface area (TPSA) is 76.3 Å². The van der Waals surface area contributed by atoms with E-state index in [1.165, 1.54) is 0 Å². The van der Waals surface area contributed by atoms with Crippen molar-refractivity contribution in [1.82, 2.24) is 16.4 Å². The molecule has 1 atom stereocenters. The summed E-state index contributed by atoms with van der Waals surface area (Å²) in [7, 11) is 0. The average Bonchev–Trinajstić information content (AvgIpc) is 1.94. The zero-order valence-corrected chi connectivity index (χ0v) is 6.92. The minimum absolute atomic E-state index is 0. The lowest BCUT2D eigenvalue weighted by Gasteiger charge is -2.32. The Bertz CT molecular complexity index is 115. The predicted octanol–water partition coefficient (Wildman–Crippen LogP) is -0.476. The molecule has 0 aliphatic carbocycles. The van der Waals surface area contributed by atoms with E-state index in [-0.39, 0.29) is 12.3 Å². The van der Waals surface area contributed by atoms with Crippen molar-refractivity contribution in [3.05, 3.63) is 12.7 Å². The van der Waals surface area contributed by atoms with Gasteiger partial charge in [-0.2, -0.15) is 0 Å². The summed E-state index contributed by atoms with van der Waals surface area (Å²) < 4.78 is 0. The number of piperazine rings is 1. The molecule has 0 saturated carbocycles.